The van der Waals surface area contributed by atoms with Gasteiger partial charge in [-0.3, -0.25) is 4.57 Å². The Kier molecular flexibility index (Phi) is 7.42. The first kappa shape index (κ1) is 34.7. The summed E-state index contributed by atoms with van der Waals surface area (Å²) in [5.74, 6) is 2.11. The van der Waals surface area contributed by atoms with Gasteiger partial charge in [-0.1, -0.05) is 146 Å². The summed E-state index contributed by atoms with van der Waals surface area (Å²) in [5, 5.41) is 9.39. The Hall–Kier alpha value is -6.99. The van der Waals surface area contributed by atoms with Gasteiger partial charge in [0, 0.05) is 75.4 Å². The highest BCUT2D eigenvalue weighted by atomic mass is 32.2. The van der Waals surface area contributed by atoms with Crippen molar-refractivity contribution in [2.45, 2.75) is 28.4 Å². The summed E-state index contributed by atoms with van der Waals surface area (Å²) in [6.07, 6.45) is 14.8. The van der Waals surface area contributed by atoms with E-state index >= 15 is 0 Å². The minimum absolute atomic E-state index is 0.180. The summed E-state index contributed by atoms with van der Waals surface area (Å²) in [6, 6.07) is 55.3. The van der Waals surface area contributed by atoms with Crippen LogP contribution >= 0.6 is 23.1 Å². The van der Waals surface area contributed by atoms with Gasteiger partial charge in [0.15, 0.2) is 11.6 Å². The van der Waals surface area contributed by atoms with Crippen LogP contribution in [-0.2, 0) is 6.42 Å². The van der Waals surface area contributed by atoms with Crippen molar-refractivity contribution in [3.05, 3.63) is 205 Å². The SMILES string of the molecule is C1=CC2Sc3c(nc(-c4ccccc4)nc3-n3c4c(c5c6c7ccccc7sc6c6ccccc6c53)CC(c3ccc5c(c3)c3ccccc3n5-c3ccccc3)C=C4)C2C=C1. The van der Waals surface area contributed by atoms with Gasteiger partial charge >= 0.3 is 0 Å². The third kappa shape index (κ3) is 4.90. The monoisotopic (exact) mass is 828 g/mol. The van der Waals surface area contributed by atoms with Crippen LogP contribution in [0.4, 0.5) is 0 Å². The van der Waals surface area contributed by atoms with Crippen LogP contribution < -0.4 is 0 Å². The molecular formula is C56H36N4S2. The largest absolute Gasteiger partial charge is 0.309 e. The molecule has 4 nitrogen and oxygen atoms in total. The van der Waals surface area contributed by atoms with Crippen molar-refractivity contribution >= 4 is 92.8 Å². The molecule has 0 fully saturated rings. The van der Waals surface area contributed by atoms with E-state index < -0.39 is 0 Å². The molecule has 0 radical (unpaired) electrons. The number of para-hydroxylation sites is 2. The van der Waals surface area contributed by atoms with Crippen molar-refractivity contribution in [3.63, 3.8) is 0 Å². The highest BCUT2D eigenvalue weighted by Gasteiger charge is 2.38. The second-order valence-corrected chi connectivity index (χ2v) is 19.0. The zero-order valence-electron chi connectivity index (χ0n) is 33.4. The van der Waals surface area contributed by atoms with Gasteiger partial charge in [0.1, 0.15) is 0 Å². The van der Waals surface area contributed by atoms with Gasteiger partial charge < -0.3 is 4.57 Å². The van der Waals surface area contributed by atoms with Crippen molar-refractivity contribution in [2.75, 3.05) is 0 Å². The molecule has 0 saturated carbocycles. The highest BCUT2D eigenvalue weighted by Crippen LogP contribution is 2.54. The molecule has 0 N–H and O–H groups in total. The minimum atomic E-state index is 0.180. The lowest BCUT2D eigenvalue weighted by Gasteiger charge is -2.20. The van der Waals surface area contributed by atoms with E-state index in [4.69, 9.17) is 9.97 Å². The summed E-state index contributed by atoms with van der Waals surface area (Å²) in [4.78, 5) is 12.2. The average molecular weight is 829 g/mol. The maximum absolute atomic E-state index is 5.63. The third-order valence-electron chi connectivity index (χ3n) is 13.4. The fourth-order valence-electron chi connectivity index (χ4n) is 10.7. The molecule has 3 atom stereocenters. The molecule has 4 aromatic heterocycles. The number of nitrogens with zero attached hydrogens (tertiary/aromatic N) is 4. The summed E-state index contributed by atoms with van der Waals surface area (Å²) in [6.45, 7) is 0. The Bertz CT molecular complexity index is 3770. The van der Waals surface area contributed by atoms with Crippen molar-refractivity contribution < 1.29 is 0 Å². The summed E-state index contributed by atoms with van der Waals surface area (Å²) < 4.78 is 7.61. The molecule has 6 heteroatoms. The molecule has 0 bridgehead atoms. The highest BCUT2D eigenvalue weighted by molar-refractivity contribution is 8.00. The van der Waals surface area contributed by atoms with Gasteiger partial charge in [0.2, 0.25) is 0 Å². The van der Waals surface area contributed by atoms with Crippen LogP contribution in [0, 0.1) is 0 Å². The van der Waals surface area contributed by atoms with Crippen LogP contribution in [0.5, 0.6) is 0 Å². The fraction of sp³-hybridized carbons (Fsp3) is 0.0714. The van der Waals surface area contributed by atoms with E-state index in [2.05, 4.69) is 197 Å². The number of thiophene rings is 1. The molecule has 62 heavy (non-hydrogen) atoms. The van der Waals surface area contributed by atoms with Gasteiger partial charge in [-0.25, -0.2) is 9.97 Å². The number of thioether (sulfide) groups is 1. The lowest BCUT2D eigenvalue weighted by Crippen LogP contribution is -2.11. The van der Waals surface area contributed by atoms with E-state index in [0.717, 1.165) is 29.3 Å². The first-order chi connectivity index (χ1) is 30.8. The maximum atomic E-state index is 5.63. The maximum Gasteiger partial charge on any atom is 0.161 e. The van der Waals surface area contributed by atoms with E-state index in [9.17, 15) is 0 Å². The Morgan fingerprint density at radius 3 is 2.18 bits per heavy atom. The molecule has 0 spiro atoms. The molecule has 14 rings (SSSR count). The summed E-state index contributed by atoms with van der Waals surface area (Å²) in [7, 11) is 0. The van der Waals surface area contributed by atoms with Crippen LogP contribution in [0.15, 0.2) is 187 Å². The Morgan fingerprint density at radius 2 is 1.31 bits per heavy atom. The fourth-order valence-corrected chi connectivity index (χ4v) is 13.3. The molecule has 2 aliphatic carbocycles. The smallest absolute Gasteiger partial charge is 0.161 e. The number of hydrogen-bond acceptors (Lipinski definition) is 4. The summed E-state index contributed by atoms with van der Waals surface area (Å²) >= 11 is 3.83. The van der Waals surface area contributed by atoms with Crippen LogP contribution in [-0.4, -0.2) is 24.4 Å². The van der Waals surface area contributed by atoms with E-state index in [1.807, 2.05) is 23.1 Å². The molecule has 5 heterocycles. The predicted molar refractivity (Wildman–Crippen MR) is 262 cm³/mol. The number of aromatic nitrogens is 4. The standard InChI is InChI=1S/C56H36N4S2/c1-3-15-33(16-4-1)55-57-51-41-23-11-14-26-48(41)62-54(51)56(58-55)60-46-30-28-35(34-27-29-45-42(31-34)37-19-9-12-24-44(37)59(45)36-17-5-2-6-18-36)32-43(46)49-50-40-22-10-13-25-47(40)61-53(50)39-21-8-7-20-38(39)52(49)60/h1-31,35,41,48H,32H2. The topological polar surface area (TPSA) is 35.6 Å². The Labute approximate surface area is 365 Å². The lowest BCUT2D eigenvalue weighted by molar-refractivity contribution is 0.805. The average Bonchev–Trinajstić information content (AvgIpc) is 4.09. The van der Waals surface area contributed by atoms with Crippen molar-refractivity contribution in [1.82, 2.24) is 19.1 Å². The molecule has 3 unspecified atom stereocenters. The second-order valence-electron chi connectivity index (χ2n) is 16.7. The predicted octanol–water partition coefficient (Wildman–Crippen LogP) is 14.7. The Balaban J connectivity index is 1.06. The van der Waals surface area contributed by atoms with Gasteiger partial charge in [-0.05, 0) is 60.0 Å². The molecule has 3 aliphatic rings. The van der Waals surface area contributed by atoms with E-state index in [1.54, 1.807) is 0 Å². The van der Waals surface area contributed by atoms with Gasteiger partial charge in [-0.15, -0.1) is 23.1 Å². The van der Waals surface area contributed by atoms with Crippen LogP contribution in [0.3, 0.4) is 0 Å². The van der Waals surface area contributed by atoms with Gasteiger partial charge in [0.05, 0.1) is 32.8 Å². The second kappa shape index (κ2) is 13.3. The van der Waals surface area contributed by atoms with Gasteiger partial charge in [-0.2, -0.15) is 0 Å². The van der Waals surface area contributed by atoms with Crippen molar-refractivity contribution in [1.29, 1.82) is 0 Å². The number of fused-ring (bicyclic) bond motifs is 16. The van der Waals surface area contributed by atoms with E-state index in [0.29, 0.717) is 0 Å². The van der Waals surface area contributed by atoms with Crippen molar-refractivity contribution in [2.24, 2.45) is 0 Å². The first-order valence-corrected chi connectivity index (χ1v) is 23.1. The molecule has 0 amide bonds. The zero-order valence-corrected chi connectivity index (χ0v) is 35.1. The lowest BCUT2D eigenvalue weighted by atomic mass is 9.85. The van der Waals surface area contributed by atoms with E-state index in [1.165, 1.54) is 91.1 Å². The molecule has 11 aromatic rings. The Morgan fingerprint density at radius 1 is 0.581 bits per heavy atom. The number of allylic oxidation sites excluding steroid dienone is 4. The first-order valence-electron chi connectivity index (χ1n) is 21.4. The molecule has 292 valence electrons. The molecule has 7 aromatic carbocycles. The number of benzene rings is 7. The number of rotatable bonds is 4. The van der Waals surface area contributed by atoms with E-state index in [-0.39, 0.29) is 17.1 Å². The van der Waals surface area contributed by atoms with Gasteiger partial charge in [0.25, 0.3) is 0 Å². The molecule has 0 saturated heterocycles. The summed E-state index contributed by atoms with van der Waals surface area (Å²) in [5.41, 5.74) is 10.9. The van der Waals surface area contributed by atoms with Crippen LogP contribution in [0.25, 0.3) is 92.6 Å². The quantitative estimate of drug-likeness (QED) is 0.177. The number of hydrogen-bond donors (Lipinski definition) is 0. The third-order valence-corrected chi connectivity index (χ3v) is 16.0. The minimum Gasteiger partial charge on any atom is -0.309 e. The van der Waals surface area contributed by atoms with Crippen LogP contribution in [0.1, 0.15) is 34.4 Å². The van der Waals surface area contributed by atoms with Crippen molar-refractivity contribution in [3.8, 4) is 22.9 Å². The molecular weight excluding hydrogens is 793 g/mol. The zero-order chi connectivity index (χ0) is 40.5. The van der Waals surface area contributed by atoms with Crippen LogP contribution in [0.2, 0.25) is 0 Å². The molecule has 1 aliphatic heterocycles. The normalized spacial score (nSPS) is 17.8.